The Morgan fingerprint density at radius 1 is 1.07 bits per heavy atom. The Bertz CT molecular complexity index is 733. The highest BCUT2D eigenvalue weighted by molar-refractivity contribution is 5.33. The summed E-state index contributed by atoms with van der Waals surface area (Å²) in [7, 11) is 2.21. The summed E-state index contributed by atoms with van der Waals surface area (Å²) < 4.78 is 0. The summed E-state index contributed by atoms with van der Waals surface area (Å²) in [5.41, 5.74) is 4.88. The van der Waals surface area contributed by atoms with Crippen molar-refractivity contribution in [2.45, 2.75) is 67.9 Å². The highest BCUT2D eigenvalue weighted by Crippen LogP contribution is 2.25. The molecule has 1 aromatic rings. The molecule has 160 valence electrons. The SMILES string of the molecule is CC(=C\C(C)CN(C)C(C)Cc1cccc(C#N)c1)/C(=C\C(C)C(C)C)C(C)C. The second-order valence-electron chi connectivity index (χ2n) is 9.51. The molecule has 29 heavy (non-hydrogen) atoms. The summed E-state index contributed by atoms with van der Waals surface area (Å²) in [4.78, 5) is 2.43. The smallest absolute Gasteiger partial charge is 0.0991 e. The average Bonchev–Trinajstić information content (AvgIpc) is 2.65. The molecule has 0 radical (unpaired) electrons. The van der Waals surface area contributed by atoms with Crippen molar-refractivity contribution in [3.63, 3.8) is 0 Å². The van der Waals surface area contributed by atoms with Gasteiger partial charge in [0, 0.05) is 12.6 Å². The van der Waals surface area contributed by atoms with E-state index >= 15 is 0 Å². The molecule has 2 heteroatoms. The lowest BCUT2D eigenvalue weighted by Gasteiger charge is -2.27. The van der Waals surface area contributed by atoms with Crippen LogP contribution in [-0.2, 0) is 6.42 Å². The predicted octanol–water partition coefficient (Wildman–Crippen LogP) is 6.88. The lowest BCUT2D eigenvalue weighted by Crippen LogP contribution is -2.34. The Morgan fingerprint density at radius 3 is 2.28 bits per heavy atom. The second-order valence-corrected chi connectivity index (χ2v) is 9.51. The van der Waals surface area contributed by atoms with E-state index in [2.05, 4.69) is 91.6 Å². The number of nitriles is 1. The molecule has 0 saturated heterocycles. The van der Waals surface area contributed by atoms with Crippen LogP contribution in [0.5, 0.6) is 0 Å². The molecule has 1 aromatic carbocycles. The zero-order valence-electron chi connectivity index (χ0n) is 20.2. The topological polar surface area (TPSA) is 27.0 Å². The zero-order chi connectivity index (χ0) is 22.1. The number of rotatable bonds is 10. The van der Waals surface area contributed by atoms with Gasteiger partial charge in [-0.2, -0.15) is 5.26 Å². The van der Waals surface area contributed by atoms with E-state index in [4.69, 9.17) is 5.26 Å². The molecule has 2 nitrogen and oxygen atoms in total. The van der Waals surface area contributed by atoms with Crippen LogP contribution in [-0.4, -0.2) is 24.5 Å². The maximum Gasteiger partial charge on any atom is 0.0991 e. The van der Waals surface area contributed by atoms with Gasteiger partial charge in [-0.25, -0.2) is 0 Å². The Kier molecular flexibility index (Phi) is 10.4. The minimum absolute atomic E-state index is 0.432. The van der Waals surface area contributed by atoms with Crippen molar-refractivity contribution in [3.8, 4) is 6.07 Å². The molecule has 0 saturated carbocycles. The van der Waals surface area contributed by atoms with Gasteiger partial charge in [0.1, 0.15) is 0 Å². The summed E-state index contributed by atoms with van der Waals surface area (Å²) in [6, 6.07) is 10.6. The summed E-state index contributed by atoms with van der Waals surface area (Å²) in [5.74, 6) is 2.30. The summed E-state index contributed by atoms with van der Waals surface area (Å²) in [6.45, 7) is 19.4. The van der Waals surface area contributed by atoms with Crippen LogP contribution >= 0.6 is 0 Å². The lowest BCUT2D eigenvalue weighted by atomic mass is 9.87. The Balaban J connectivity index is 2.79. The van der Waals surface area contributed by atoms with E-state index in [1.807, 2.05) is 18.2 Å². The molecule has 0 amide bonds. The fourth-order valence-electron chi connectivity index (χ4n) is 3.73. The normalized spacial score (nSPS) is 16.2. The maximum absolute atomic E-state index is 9.11. The van der Waals surface area contributed by atoms with Gasteiger partial charge in [0.25, 0.3) is 0 Å². The van der Waals surface area contributed by atoms with Gasteiger partial charge in [0.15, 0.2) is 0 Å². The van der Waals surface area contributed by atoms with Crippen molar-refractivity contribution in [2.24, 2.45) is 23.7 Å². The molecule has 0 bridgehead atoms. The zero-order valence-corrected chi connectivity index (χ0v) is 20.2. The standard InChI is InChI=1S/C27H42N2/c1-19(2)22(6)14-27(20(3)4)23(7)13-21(5)18-29(9)24(8)15-25-11-10-12-26(16-25)17-28/h10-14,16,19-22,24H,15,18H2,1-9H3/b23-13+,27-14-. The molecule has 1 rings (SSSR count). The molecule has 0 aliphatic heterocycles. The van der Waals surface area contributed by atoms with Gasteiger partial charge in [0.05, 0.1) is 11.6 Å². The molecule has 0 fully saturated rings. The largest absolute Gasteiger partial charge is 0.303 e. The van der Waals surface area contributed by atoms with E-state index < -0.39 is 0 Å². The van der Waals surface area contributed by atoms with Gasteiger partial charge in [0.2, 0.25) is 0 Å². The van der Waals surface area contributed by atoms with Crippen molar-refractivity contribution >= 4 is 0 Å². The van der Waals surface area contributed by atoms with Crippen LogP contribution in [0.3, 0.4) is 0 Å². The van der Waals surface area contributed by atoms with Crippen molar-refractivity contribution in [3.05, 3.63) is 58.7 Å². The van der Waals surface area contributed by atoms with Crippen LogP contribution in [0, 0.1) is 35.0 Å². The van der Waals surface area contributed by atoms with Gasteiger partial charge in [-0.3, -0.25) is 0 Å². The molecule has 0 aromatic heterocycles. The fourth-order valence-corrected chi connectivity index (χ4v) is 3.73. The monoisotopic (exact) mass is 394 g/mol. The minimum atomic E-state index is 0.432. The van der Waals surface area contributed by atoms with E-state index in [-0.39, 0.29) is 0 Å². The van der Waals surface area contributed by atoms with Gasteiger partial charge < -0.3 is 4.90 Å². The van der Waals surface area contributed by atoms with Crippen molar-refractivity contribution in [1.29, 1.82) is 5.26 Å². The van der Waals surface area contributed by atoms with E-state index in [0.29, 0.717) is 29.7 Å². The minimum Gasteiger partial charge on any atom is -0.303 e. The van der Waals surface area contributed by atoms with Crippen molar-refractivity contribution < 1.29 is 0 Å². The molecule has 3 unspecified atom stereocenters. The second kappa shape index (κ2) is 12.0. The third kappa shape index (κ3) is 8.58. The first-order valence-electron chi connectivity index (χ1n) is 11.1. The first kappa shape index (κ1) is 25.2. The Morgan fingerprint density at radius 2 is 1.72 bits per heavy atom. The fraction of sp³-hybridized carbons (Fsp3) is 0.593. The molecule has 0 aliphatic rings. The Hall–Kier alpha value is -1.85. The first-order chi connectivity index (χ1) is 13.5. The van der Waals surface area contributed by atoms with Gasteiger partial charge in [-0.1, -0.05) is 71.4 Å². The van der Waals surface area contributed by atoms with E-state index in [0.717, 1.165) is 18.5 Å². The number of benzene rings is 1. The highest BCUT2D eigenvalue weighted by Gasteiger charge is 2.15. The number of nitrogens with zero attached hydrogens (tertiary/aromatic N) is 2. The number of allylic oxidation sites excluding steroid dienone is 3. The number of hydrogen-bond acceptors (Lipinski definition) is 2. The van der Waals surface area contributed by atoms with Gasteiger partial charge in [-0.05, 0) is 74.3 Å². The van der Waals surface area contributed by atoms with E-state index in [9.17, 15) is 0 Å². The molecule has 0 heterocycles. The van der Waals surface area contributed by atoms with Crippen LogP contribution in [0.1, 0.15) is 66.5 Å². The average molecular weight is 395 g/mol. The molecular weight excluding hydrogens is 352 g/mol. The van der Waals surface area contributed by atoms with Crippen LogP contribution < -0.4 is 0 Å². The Labute approximate surface area is 180 Å². The van der Waals surface area contributed by atoms with E-state index in [1.54, 1.807) is 0 Å². The maximum atomic E-state index is 9.11. The predicted molar refractivity (Wildman–Crippen MR) is 127 cm³/mol. The van der Waals surface area contributed by atoms with Crippen LogP contribution in [0.4, 0.5) is 0 Å². The summed E-state index contributed by atoms with van der Waals surface area (Å²) >= 11 is 0. The van der Waals surface area contributed by atoms with Gasteiger partial charge in [-0.15, -0.1) is 0 Å². The van der Waals surface area contributed by atoms with Crippen molar-refractivity contribution in [2.75, 3.05) is 13.6 Å². The number of hydrogen-bond donors (Lipinski definition) is 0. The summed E-state index contributed by atoms with van der Waals surface area (Å²) in [5, 5.41) is 9.11. The van der Waals surface area contributed by atoms with Gasteiger partial charge >= 0.3 is 0 Å². The number of likely N-dealkylation sites (N-methyl/N-ethyl adjacent to an activating group) is 1. The van der Waals surface area contributed by atoms with E-state index in [1.165, 1.54) is 16.7 Å². The highest BCUT2D eigenvalue weighted by atomic mass is 15.1. The first-order valence-corrected chi connectivity index (χ1v) is 11.1. The molecular formula is C27H42N2. The lowest BCUT2D eigenvalue weighted by molar-refractivity contribution is 0.237. The van der Waals surface area contributed by atoms with Crippen molar-refractivity contribution in [1.82, 2.24) is 4.90 Å². The molecule has 0 aliphatic carbocycles. The molecule has 0 N–H and O–H groups in total. The van der Waals surface area contributed by atoms with Crippen LogP contribution in [0.25, 0.3) is 0 Å². The molecule has 0 spiro atoms. The quantitative estimate of drug-likeness (QED) is 0.404. The molecule has 3 atom stereocenters. The van der Waals surface area contributed by atoms with Crippen LogP contribution in [0.15, 0.2) is 47.6 Å². The van der Waals surface area contributed by atoms with Crippen LogP contribution in [0.2, 0.25) is 0 Å². The third-order valence-corrected chi connectivity index (χ3v) is 6.02. The summed E-state index contributed by atoms with van der Waals surface area (Å²) in [6.07, 6.45) is 5.88. The third-order valence-electron chi connectivity index (χ3n) is 6.02.